The first kappa shape index (κ1) is 58.4. The summed E-state index contributed by atoms with van der Waals surface area (Å²) in [4.78, 5) is 40.8. The Kier molecular flexibility index (Phi) is 42.0. The Hall–Kier alpha value is -1.63. The number of ether oxygens (including phenoxy) is 3. The van der Waals surface area contributed by atoms with Crippen LogP contribution in [-0.2, 0) is 28.6 Å². The fraction of sp³-hybridized carbons (Fsp3) is 0.945. The van der Waals surface area contributed by atoms with Gasteiger partial charge in [-0.3, -0.25) is 19.3 Å². The highest BCUT2D eigenvalue weighted by molar-refractivity contribution is 5.76. The Labute approximate surface area is 385 Å². The highest BCUT2D eigenvalue weighted by atomic mass is 16.5. The second-order valence-electron chi connectivity index (χ2n) is 19.3. The highest BCUT2D eigenvalue weighted by Gasteiger charge is 2.31. The van der Waals surface area contributed by atoms with Gasteiger partial charge < -0.3 is 14.2 Å². The quantitative estimate of drug-likeness (QED) is 0.0342. The summed E-state index contributed by atoms with van der Waals surface area (Å²) >= 11 is 0. The average Bonchev–Trinajstić information content (AvgIpc) is 3.74. The molecule has 0 spiro atoms. The van der Waals surface area contributed by atoms with Crippen molar-refractivity contribution in [1.82, 2.24) is 4.90 Å². The molecule has 7 nitrogen and oxygen atoms in total. The van der Waals surface area contributed by atoms with Gasteiger partial charge >= 0.3 is 17.9 Å². The maximum atomic E-state index is 13.0. The van der Waals surface area contributed by atoms with Crippen molar-refractivity contribution in [2.24, 2.45) is 0 Å². The third-order valence-electron chi connectivity index (χ3n) is 13.3. The van der Waals surface area contributed by atoms with Crippen LogP contribution in [0, 0.1) is 0 Å². The van der Waals surface area contributed by atoms with Crippen LogP contribution in [0.5, 0.6) is 0 Å². The molecule has 0 aromatic heterocycles. The number of hydrogen-bond donors (Lipinski definition) is 0. The molecular weight excluding hydrogens is 771 g/mol. The first-order valence-corrected chi connectivity index (χ1v) is 27.7. The van der Waals surface area contributed by atoms with Gasteiger partial charge in [-0.15, -0.1) is 0 Å². The predicted molar refractivity (Wildman–Crippen MR) is 263 cm³/mol. The Morgan fingerprint density at radius 3 is 1.18 bits per heavy atom. The minimum absolute atomic E-state index is 0.00318. The van der Waals surface area contributed by atoms with Crippen LogP contribution in [0.2, 0.25) is 0 Å². The lowest BCUT2D eigenvalue weighted by molar-refractivity contribution is -0.151. The van der Waals surface area contributed by atoms with E-state index in [9.17, 15) is 14.4 Å². The molecule has 0 aromatic carbocycles. The summed E-state index contributed by atoms with van der Waals surface area (Å²) < 4.78 is 17.8. The van der Waals surface area contributed by atoms with Crippen molar-refractivity contribution < 1.29 is 28.6 Å². The van der Waals surface area contributed by atoms with E-state index in [2.05, 4.69) is 32.6 Å². The smallest absolute Gasteiger partial charge is 0.323 e. The van der Waals surface area contributed by atoms with Crippen LogP contribution in [0.3, 0.4) is 0 Å². The molecule has 1 rings (SSSR count). The van der Waals surface area contributed by atoms with Crippen molar-refractivity contribution in [3.63, 3.8) is 0 Å². The number of rotatable bonds is 47. The normalized spacial score (nSPS) is 14.3. The SMILES string of the molecule is CCCCCCCCC(CCCCCCCC)OC(=O)CCCCCCCOC(=O)C1CCCN1CCCCCCCC(=O)OC(CCCCCCCC)CCCCCCCC. The summed E-state index contributed by atoms with van der Waals surface area (Å²) in [5, 5.41) is 0. The summed E-state index contributed by atoms with van der Waals surface area (Å²) in [5.74, 6) is -0.0602. The molecule has 0 radical (unpaired) electrons. The Balaban J connectivity index is 2.19. The lowest BCUT2D eigenvalue weighted by Crippen LogP contribution is -2.38. The van der Waals surface area contributed by atoms with E-state index >= 15 is 0 Å². The molecule has 0 aliphatic carbocycles. The summed E-state index contributed by atoms with van der Waals surface area (Å²) in [5.41, 5.74) is 0. The Morgan fingerprint density at radius 1 is 0.435 bits per heavy atom. The molecule has 0 N–H and O–H groups in total. The standard InChI is InChI=1S/C55H105NO6/c1-5-9-13-17-23-31-40-50(41-32-24-18-14-10-6-2)61-53(57)45-35-27-21-29-37-47-56-48-39-44-52(56)55(59)60-49-38-30-22-28-36-46-54(58)62-51(42-33-25-19-15-11-7-3)43-34-26-20-16-12-8-4/h50-52H,5-49H2,1-4H3. The van der Waals surface area contributed by atoms with E-state index in [1.807, 2.05) is 0 Å². The van der Waals surface area contributed by atoms with Gasteiger partial charge in [0, 0.05) is 12.8 Å². The number of likely N-dealkylation sites (tertiary alicyclic amines) is 1. The summed E-state index contributed by atoms with van der Waals surface area (Å²) in [7, 11) is 0. The van der Waals surface area contributed by atoms with Crippen LogP contribution in [-0.4, -0.2) is 60.8 Å². The van der Waals surface area contributed by atoms with Gasteiger partial charge in [0.2, 0.25) is 0 Å². The zero-order valence-electron chi connectivity index (χ0n) is 41.9. The van der Waals surface area contributed by atoms with Gasteiger partial charge in [0.05, 0.1) is 6.61 Å². The van der Waals surface area contributed by atoms with Crippen LogP contribution < -0.4 is 0 Å². The molecule has 1 saturated heterocycles. The molecule has 0 aromatic rings. The van der Waals surface area contributed by atoms with Crippen molar-refractivity contribution in [3.8, 4) is 0 Å². The average molecular weight is 876 g/mol. The van der Waals surface area contributed by atoms with E-state index in [0.29, 0.717) is 19.4 Å². The number of carbonyl (C=O) groups excluding carboxylic acids is 3. The van der Waals surface area contributed by atoms with E-state index in [1.165, 1.54) is 154 Å². The molecule has 1 aliphatic rings. The van der Waals surface area contributed by atoms with Crippen LogP contribution in [0.25, 0.3) is 0 Å². The van der Waals surface area contributed by atoms with Gasteiger partial charge in [-0.25, -0.2) is 0 Å². The monoisotopic (exact) mass is 876 g/mol. The van der Waals surface area contributed by atoms with Gasteiger partial charge in [-0.2, -0.15) is 0 Å². The Morgan fingerprint density at radius 2 is 0.774 bits per heavy atom. The second kappa shape index (κ2) is 44.6. The molecule has 1 heterocycles. The third kappa shape index (κ3) is 35.7. The largest absolute Gasteiger partial charge is 0.465 e. The van der Waals surface area contributed by atoms with Crippen molar-refractivity contribution in [1.29, 1.82) is 0 Å². The molecule has 7 heteroatoms. The van der Waals surface area contributed by atoms with Crippen molar-refractivity contribution >= 4 is 17.9 Å². The molecule has 0 amide bonds. The first-order chi connectivity index (χ1) is 30.4. The zero-order chi connectivity index (χ0) is 45.0. The number of esters is 3. The number of nitrogens with zero attached hydrogens (tertiary/aromatic N) is 1. The molecule has 1 unspecified atom stereocenters. The fourth-order valence-corrected chi connectivity index (χ4v) is 9.27. The van der Waals surface area contributed by atoms with Crippen molar-refractivity contribution in [3.05, 3.63) is 0 Å². The summed E-state index contributed by atoms with van der Waals surface area (Å²) in [6, 6.07) is -0.0950. The minimum atomic E-state index is -0.0950. The Bertz CT molecular complexity index is 972. The molecule has 1 fully saturated rings. The third-order valence-corrected chi connectivity index (χ3v) is 13.3. The molecule has 62 heavy (non-hydrogen) atoms. The lowest BCUT2D eigenvalue weighted by Gasteiger charge is -2.23. The maximum Gasteiger partial charge on any atom is 0.323 e. The van der Waals surface area contributed by atoms with Crippen molar-refractivity contribution in [2.45, 2.75) is 316 Å². The summed E-state index contributed by atoms with van der Waals surface area (Å²) in [6.45, 7) is 11.5. The number of unbranched alkanes of at least 4 members (excludes halogenated alkanes) is 28. The minimum Gasteiger partial charge on any atom is -0.465 e. The van der Waals surface area contributed by atoms with Gasteiger partial charge in [0.1, 0.15) is 18.2 Å². The van der Waals surface area contributed by atoms with Gasteiger partial charge in [-0.05, 0) is 103 Å². The van der Waals surface area contributed by atoms with Crippen LogP contribution in [0.1, 0.15) is 297 Å². The van der Waals surface area contributed by atoms with E-state index < -0.39 is 0 Å². The van der Waals surface area contributed by atoms with E-state index in [0.717, 1.165) is 116 Å². The molecule has 366 valence electrons. The van der Waals surface area contributed by atoms with E-state index in [1.54, 1.807) is 0 Å². The van der Waals surface area contributed by atoms with Crippen LogP contribution >= 0.6 is 0 Å². The highest BCUT2D eigenvalue weighted by Crippen LogP contribution is 2.22. The van der Waals surface area contributed by atoms with E-state index in [4.69, 9.17) is 14.2 Å². The molecule has 1 atom stereocenters. The topological polar surface area (TPSA) is 82.1 Å². The maximum absolute atomic E-state index is 13.0. The van der Waals surface area contributed by atoms with Gasteiger partial charge in [-0.1, -0.05) is 195 Å². The van der Waals surface area contributed by atoms with Gasteiger partial charge in [0.25, 0.3) is 0 Å². The predicted octanol–water partition coefficient (Wildman–Crippen LogP) is 16.5. The molecular formula is C55H105NO6. The molecule has 1 aliphatic heterocycles. The lowest BCUT2D eigenvalue weighted by atomic mass is 10.0. The van der Waals surface area contributed by atoms with Crippen molar-refractivity contribution in [2.75, 3.05) is 19.7 Å². The molecule has 0 saturated carbocycles. The van der Waals surface area contributed by atoms with E-state index in [-0.39, 0.29) is 36.2 Å². The number of hydrogen-bond acceptors (Lipinski definition) is 7. The second-order valence-corrected chi connectivity index (χ2v) is 19.3. The first-order valence-electron chi connectivity index (χ1n) is 27.7. The van der Waals surface area contributed by atoms with Crippen LogP contribution in [0.4, 0.5) is 0 Å². The fourth-order valence-electron chi connectivity index (χ4n) is 9.27. The number of carbonyl (C=O) groups is 3. The summed E-state index contributed by atoms with van der Waals surface area (Å²) in [6.07, 6.45) is 48.0. The van der Waals surface area contributed by atoms with Gasteiger partial charge in [0.15, 0.2) is 0 Å². The molecule has 0 bridgehead atoms. The van der Waals surface area contributed by atoms with Crippen LogP contribution in [0.15, 0.2) is 0 Å². The zero-order valence-corrected chi connectivity index (χ0v) is 41.9.